The zero-order chi connectivity index (χ0) is 16.8. The summed E-state index contributed by atoms with van der Waals surface area (Å²) >= 11 is 4.72. The van der Waals surface area contributed by atoms with E-state index in [0.29, 0.717) is 21.0 Å². The summed E-state index contributed by atoms with van der Waals surface area (Å²) in [6, 6.07) is 14.7. The molecule has 0 saturated heterocycles. The number of nitrogens with zero attached hydrogens (tertiary/aromatic N) is 1. The number of hydrogen-bond donors (Lipinski definition) is 0. The zero-order valence-electron chi connectivity index (χ0n) is 12.5. The maximum absolute atomic E-state index is 11.9. The van der Waals surface area contributed by atoms with E-state index in [4.69, 9.17) is 9.15 Å². The summed E-state index contributed by atoms with van der Waals surface area (Å²) in [7, 11) is 0. The molecule has 0 radical (unpaired) electrons. The second kappa shape index (κ2) is 8.04. The number of esters is 1. The van der Waals surface area contributed by atoms with Gasteiger partial charge in [-0.1, -0.05) is 47.9 Å². The average Bonchev–Trinajstić information content (AvgIpc) is 3.01. The fraction of sp³-hybridized carbons (Fsp3) is 0.111. The van der Waals surface area contributed by atoms with Crippen LogP contribution in [0.3, 0.4) is 0 Å². The highest BCUT2D eigenvalue weighted by Gasteiger charge is 2.09. The van der Waals surface area contributed by atoms with Gasteiger partial charge in [0.2, 0.25) is 0 Å². The Hall–Kier alpha value is -2.23. The number of ether oxygens (including phenoxy) is 1. The molecular formula is C18H12BrNO3S. The number of oxazole rings is 1. The largest absolute Gasteiger partial charge is 0.449 e. The van der Waals surface area contributed by atoms with Crippen molar-refractivity contribution in [3.63, 3.8) is 0 Å². The Labute approximate surface area is 151 Å². The van der Waals surface area contributed by atoms with Gasteiger partial charge in [0.15, 0.2) is 12.2 Å². The third kappa shape index (κ3) is 4.19. The molecule has 24 heavy (non-hydrogen) atoms. The van der Waals surface area contributed by atoms with Gasteiger partial charge < -0.3 is 9.15 Å². The van der Waals surface area contributed by atoms with Crippen LogP contribution in [0.1, 0.15) is 10.4 Å². The normalized spacial score (nSPS) is 10.2. The van der Waals surface area contributed by atoms with Crippen LogP contribution >= 0.6 is 27.7 Å². The second-order valence-corrected chi connectivity index (χ2v) is 6.43. The molecule has 0 atom stereocenters. The Bertz CT molecular complexity index is 893. The minimum absolute atomic E-state index is 0.0499. The molecular weight excluding hydrogens is 390 g/mol. The number of benzene rings is 2. The summed E-state index contributed by atoms with van der Waals surface area (Å²) < 4.78 is 11.4. The van der Waals surface area contributed by atoms with Crippen molar-refractivity contribution in [1.82, 2.24) is 4.98 Å². The third-order valence-corrected chi connectivity index (χ3v) is 4.44. The summed E-state index contributed by atoms with van der Waals surface area (Å²) in [4.78, 5) is 16.2. The predicted octanol–water partition coefficient (Wildman–Crippen LogP) is 4.54. The van der Waals surface area contributed by atoms with Gasteiger partial charge in [-0.3, -0.25) is 0 Å². The highest BCUT2D eigenvalue weighted by atomic mass is 79.9. The van der Waals surface area contributed by atoms with Crippen LogP contribution in [-0.4, -0.2) is 23.3 Å². The van der Waals surface area contributed by atoms with Crippen LogP contribution in [0.5, 0.6) is 0 Å². The zero-order valence-corrected chi connectivity index (χ0v) is 14.9. The summed E-state index contributed by atoms with van der Waals surface area (Å²) in [6.45, 7) is 0.0499. The van der Waals surface area contributed by atoms with E-state index in [1.807, 2.05) is 30.3 Å². The van der Waals surface area contributed by atoms with E-state index in [0.717, 1.165) is 11.1 Å². The smallest absolute Gasteiger partial charge is 0.340 e. The van der Waals surface area contributed by atoms with Crippen molar-refractivity contribution >= 4 is 44.8 Å². The number of fused-ring (bicyclic) bond motifs is 1. The van der Waals surface area contributed by atoms with Gasteiger partial charge in [-0.25, -0.2) is 9.78 Å². The molecule has 1 heterocycles. The first-order chi connectivity index (χ1) is 11.7. The monoisotopic (exact) mass is 401 g/mol. The first kappa shape index (κ1) is 16.6. The first-order valence-electron chi connectivity index (χ1n) is 7.10. The van der Waals surface area contributed by atoms with Crippen LogP contribution in [0.2, 0.25) is 0 Å². The maximum Gasteiger partial charge on any atom is 0.340 e. The molecule has 3 rings (SSSR count). The van der Waals surface area contributed by atoms with Gasteiger partial charge in [0.25, 0.3) is 5.22 Å². The minimum Gasteiger partial charge on any atom is -0.449 e. The second-order valence-electron chi connectivity index (χ2n) is 4.65. The summed E-state index contributed by atoms with van der Waals surface area (Å²) in [5.74, 6) is 5.85. The molecule has 0 spiro atoms. The molecule has 6 heteroatoms. The van der Waals surface area contributed by atoms with Crippen molar-refractivity contribution < 1.29 is 13.9 Å². The lowest BCUT2D eigenvalue weighted by Gasteiger charge is -2.02. The summed E-state index contributed by atoms with van der Waals surface area (Å²) in [5.41, 5.74) is 2.07. The Kier molecular flexibility index (Phi) is 5.57. The minimum atomic E-state index is -0.400. The fourth-order valence-corrected chi connectivity index (χ4v) is 2.97. The highest BCUT2D eigenvalue weighted by molar-refractivity contribution is 9.10. The molecule has 0 aliphatic heterocycles. The van der Waals surface area contributed by atoms with Crippen LogP contribution in [0.25, 0.3) is 11.1 Å². The predicted molar refractivity (Wildman–Crippen MR) is 96.9 cm³/mol. The average molecular weight is 402 g/mol. The van der Waals surface area contributed by atoms with Crippen molar-refractivity contribution in [3.05, 3.63) is 58.6 Å². The van der Waals surface area contributed by atoms with Crippen molar-refractivity contribution in [2.75, 3.05) is 12.4 Å². The lowest BCUT2D eigenvalue weighted by molar-refractivity contribution is 0.0555. The molecule has 0 bridgehead atoms. The Balaban J connectivity index is 1.46. The van der Waals surface area contributed by atoms with Gasteiger partial charge in [-0.2, -0.15) is 0 Å². The van der Waals surface area contributed by atoms with Crippen LogP contribution in [0.15, 0.2) is 62.6 Å². The van der Waals surface area contributed by atoms with Gasteiger partial charge in [0.1, 0.15) is 5.52 Å². The molecule has 0 aliphatic rings. The molecule has 2 aromatic carbocycles. The van der Waals surface area contributed by atoms with Crippen LogP contribution in [0.4, 0.5) is 0 Å². The fourth-order valence-electron chi connectivity index (χ4n) is 1.92. The number of carbonyl (C=O) groups excluding carboxylic acids is 1. The standard InChI is InChI=1S/C18H12BrNO3S/c19-14-8-2-1-7-13(14)17(21)22-11-5-6-12-24-18-20-15-9-3-4-10-16(15)23-18/h1-4,7-10H,11-12H2. The number of halogens is 1. The number of para-hydroxylation sites is 2. The van der Waals surface area contributed by atoms with Gasteiger partial charge in [0.05, 0.1) is 11.3 Å². The van der Waals surface area contributed by atoms with Crippen LogP contribution < -0.4 is 0 Å². The van der Waals surface area contributed by atoms with E-state index < -0.39 is 5.97 Å². The molecule has 0 amide bonds. The molecule has 120 valence electrons. The Morgan fingerprint density at radius 2 is 1.96 bits per heavy atom. The van der Waals surface area contributed by atoms with Crippen LogP contribution in [-0.2, 0) is 4.74 Å². The topological polar surface area (TPSA) is 52.3 Å². The van der Waals surface area contributed by atoms with Gasteiger partial charge in [-0.15, -0.1) is 0 Å². The molecule has 1 aromatic heterocycles. The maximum atomic E-state index is 11.9. The molecule has 3 aromatic rings. The van der Waals surface area contributed by atoms with E-state index in [1.165, 1.54) is 11.8 Å². The van der Waals surface area contributed by atoms with E-state index in [1.54, 1.807) is 18.2 Å². The number of carbonyl (C=O) groups is 1. The number of thioether (sulfide) groups is 1. The molecule has 4 nitrogen and oxygen atoms in total. The van der Waals surface area contributed by atoms with Gasteiger partial charge in [0, 0.05) is 4.47 Å². The Morgan fingerprint density at radius 3 is 2.79 bits per heavy atom. The van der Waals surface area contributed by atoms with Crippen molar-refractivity contribution in [1.29, 1.82) is 0 Å². The quantitative estimate of drug-likeness (QED) is 0.364. The SMILES string of the molecule is O=C(OCC#CCSc1nc2ccccc2o1)c1ccccc1Br. The first-order valence-corrected chi connectivity index (χ1v) is 8.87. The molecule has 0 unspecified atom stereocenters. The van der Waals surface area contributed by atoms with E-state index in [2.05, 4.69) is 32.8 Å². The van der Waals surface area contributed by atoms with E-state index in [9.17, 15) is 4.79 Å². The van der Waals surface area contributed by atoms with E-state index in [-0.39, 0.29) is 6.61 Å². The molecule has 0 aliphatic carbocycles. The molecule has 0 N–H and O–H groups in total. The van der Waals surface area contributed by atoms with Gasteiger partial charge >= 0.3 is 5.97 Å². The summed E-state index contributed by atoms with van der Waals surface area (Å²) in [5, 5.41) is 0.579. The number of aromatic nitrogens is 1. The van der Waals surface area contributed by atoms with E-state index >= 15 is 0 Å². The lowest BCUT2D eigenvalue weighted by Crippen LogP contribution is -2.06. The van der Waals surface area contributed by atoms with Crippen LogP contribution in [0, 0.1) is 11.8 Å². The van der Waals surface area contributed by atoms with Crippen molar-refractivity contribution in [2.24, 2.45) is 0 Å². The van der Waals surface area contributed by atoms with Crippen molar-refractivity contribution in [3.8, 4) is 11.8 Å². The number of rotatable bonds is 4. The van der Waals surface area contributed by atoms with Crippen molar-refractivity contribution in [2.45, 2.75) is 5.22 Å². The summed E-state index contributed by atoms with van der Waals surface area (Å²) in [6.07, 6.45) is 0. The third-order valence-electron chi connectivity index (χ3n) is 3.04. The molecule has 0 saturated carbocycles. The number of hydrogen-bond acceptors (Lipinski definition) is 5. The lowest BCUT2D eigenvalue weighted by atomic mass is 10.2. The van der Waals surface area contributed by atoms with Gasteiger partial charge in [-0.05, 0) is 40.2 Å². The molecule has 0 fully saturated rings. The Morgan fingerprint density at radius 1 is 1.17 bits per heavy atom. The highest BCUT2D eigenvalue weighted by Crippen LogP contribution is 2.22.